The van der Waals surface area contributed by atoms with Gasteiger partial charge in [-0.2, -0.15) is 0 Å². The Morgan fingerprint density at radius 3 is 2.61 bits per heavy atom. The minimum atomic E-state index is -0.341. The quantitative estimate of drug-likeness (QED) is 0.338. The van der Waals surface area contributed by atoms with Crippen LogP contribution in [0.5, 0.6) is 0 Å². The number of imide groups is 1. The molecule has 2 aliphatic heterocycles. The first-order valence-electron chi connectivity index (χ1n) is 9.57. The summed E-state index contributed by atoms with van der Waals surface area (Å²) in [5, 5.41) is 8.96. The molecule has 28 heavy (non-hydrogen) atoms. The monoisotopic (exact) mass is 388 g/mol. The zero-order valence-corrected chi connectivity index (χ0v) is 16.2. The van der Waals surface area contributed by atoms with Gasteiger partial charge in [0.25, 0.3) is 0 Å². The minimum Gasteiger partial charge on any atom is -0.379 e. The van der Waals surface area contributed by atoms with Gasteiger partial charge in [0, 0.05) is 46.3 Å². The van der Waals surface area contributed by atoms with Gasteiger partial charge in [-0.3, -0.25) is 19.6 Å². The lowest BCUT2D eigenvalue weighted by atomic mass is 10.1. The number of hydrogen-bond donors (Lipinski definition) is 3. The van der Waals surface area contributed by atoms with Crippen LogP contribution in [0.2, 0.25) is 0 Å². The molecule has 0 aliphatic carbocycles. The summed E-state index contributed by atoms with van der Waals surface area (Å²) in [5.74, 6) is 0.431. The Labute approximate surface area is 165 Å². The smallest absolute Gasteiger partial charge is 0.324 e. The third-order valence-electron chi connectivity index (χ3n) is 4.85. The number of rotatable bonds is 7. The van der Waals surface area contributed by atoms with Crippen LogP contribution in [-0.2, 0) is 22.6 Å². The van der Waals surface area contributed by atoms with Crippen molar-refractivity contribution in [3.8, 4) is 0 Å². The molecule has 1 aromatic carbocycles. The number of hydrogen-bond acceptors (Lipinski definition) is 5. The van der Waals surface area contributed by atoms with E-state index in [0.717, 1.165) is 32.8 Å². The molecular formula is C19H28N6O3. The van der Waals surface area contributed by atoms with Gasteiger partial charge in [-0.1, -0.05) is 24.3 Å². The number of amides is 3. The van der Waals surface area contributed by atoms with Crippen molar-refractivity contribution in [2.45, 2.75) is 13.1 Å². The maximum atomic E-state index is 11.6. The molecule has 0 unspecified atom stereocenters. The first-order chi connectivity index (χ1) is 13.7. The molecule has 3 amide bonds. The van der Waals surface area contributed by atoms with Crippen molar-refractivity contribution in [1.82, 2.24) is 25.8 Å². The summed E-state index contributed by atoms with van der Waals surface area (Å²) < 4.78 is 5.42. The molecule has 0 atom stereocenters. The van der Waals surface area contributed by atoms with Gasteiger partial charge in [-0.15, -0.1) is 0 Å². The number of nitrogens with one attached hydrogen (secondary N) is 3. The van der Waals surface area contributed by atoms with E-state index in [1.807, 2.05) is 6.07 Å². The highest BCUT2D eigenvalue weighted by molar-refractivity contribution is 6.01. The van der Waals surface area contributed by atoms with E-state index in [1.165, 1.54) is 16.0 Å². The van der Waals surface area contributed by atoms with E-state index in [4.69, 9.17) is 4.74 Å². The summed E-state index contributed by atoms with van der Waals surface area (Å²) in [5.41, 5.74) is 2.50. The summed E-state index contributed by atoms with van der Waals surface area (Å²) in [4.78, 5) is 31.0. The average molecular weight is 388 g/mol. The fourth-order valence-corrected chi connectivity index (χ4v) is 3.25. The largest absolute Gasteiger partial charge is 0.379 e. The van der Waals surface area contributed by atoms with Crippen LogP contribution in [0.25, 0.3) is 0 Å². The summed E-state index contributed by atoms with van der Waals surface area (Å²) >= 11 is 0. The second kappa shape index (κ2) is 10.0. The van der Waals surface area contributed by atoms with Crippen LogP contribution in [0.15, 0.2) is 29.3 Å². The molecule has 9 heteroatoms. The molecular weight excluding hydrogens is 360 g/mol. The van der Waals surface area contributed by atoms with Crippen LogP contribution < -0.4 is 16.0 Å². The highest BCUT2D eigenvalue weighted by Gasteiger charge is 2.27. The lowest BCUT2D eigenvalue weighted by molar-refractivity contribution is -0.124. The normalized spacial score (nSPS) is 18.3. The molecule has 2 saturated heterocycles. The minimum absolute atomic E-state index is 0.0751. The molecule has 2 fully saturated rings. The van der Waals surface area contributed by atoms with Crippen molar-refractivity contribution in [2.75, 3.05) is 53.0 Å². The van der Waals surface area contributed by atoms with E-state index >= 15 is 0 Å². The van der Waals surface area contributed by atoms with Gasteiger partial charge in [-0.05, 0) is 11.1 Å². The Kier molecular flexibility index (Phi) is 7.21. The number of carbonyl (C=O) groups excluding carboxylic acids is 2. The summed E-state index contributed by atoms with van der Waals surface area (Å²) in [6, 6.07) is 8.02. The Hall–Kier alpha value is -2.65. The van der Waals surface area contributed by atoms with Crippen molar-refractivity contribution >= 4 is 17.9 Å². The first-order valence-corrected chi connectivity index (χ1v) is 9.57. The molecule has 3 rings (SSSR count). The lowest BCUT2D eigenvalue weighted by Crippen LogP contribution is -2.43. The Morgan fingerprint density at radius 1 is 1.18 bits per heavy atom. The summed E-state index contributed by atoms with van der Waals surface area (Å²) in [7, 11) is 1.70. The maximum absolute atomic E-state index is 11.6. The van der Waals surface area contributed by atoms with Crippen molar-refractivity contribution in [1.29, 1.82) is 0 Å². The van der Waals surface area contributed by atoms with Gasteiger partial charge in [0.15, 0.2) is 5.96 Å². The summed E-state index contributed by atoms with van der Waals surface area (Å²) in [6.45, 7) is 5.84. The number of urea groups is 1. The van der Waals surface area contributed by atoms with Crippen LogP contribution in [0.3, 0.4) is 0 Å². The third kappa shape index (κ3) is 5.43. The van der Waals surface area contributed by atoms with Crippen LogP contribution in [-0.4, -0.2) is 80.7 Å². The van der Waals surface area contributed by atoms with E-state index in [2.05, 4.69) is 44.0 Å². The van der Waals surface area contributed by atoms with Crippen LogP contribution >= 0.6 is 0 Å². The SMILES string of the molecule is CN=C(NCCN1C(=O)CNC1=O)NCc1ccccc1CN1CCOCC1. The van der Waals surface area contributed by atoms with Crippen LogP contribution in [0.4, 0.5) is 4.79 Å². The zero-order chi connectivity index (χ0) is 19.8. The fraction of sp³-hybridized carbons (Fsp3) is 0.526. The molecule has 0 saturated carbocycles. The topological polar surface area (TPSA) is 98.3 Å². The van der Waals surface area contributed by atoms with Crippen molar-refractivity contribution in [2.24, 2.45) is 4.99 Å². The van der Waals surface area contributed by atoms with Gasteiger partial charge >= 0.3 is 6.03 Å². The van der Waals surface area contributed by atoms with E-state index in [1.54, 1.807) is 7.05 Å². The van der Waals surface area contributed by atoms with Gasteiger partial charge in [-0.25, -0.2) is 4.79 Å². The van der Waals surface area contributed by atoms with Gasteiger partial charge in [0.1, 0.15) is 0 Å². The van der Waals surface area contributed by atoms with Crippen LogP contribution in [0.1, 0.15) is 11.1 Å². The molecule has 152 valence electrons. The molecule has 0 spiro atoms. The number of carbonyl (C=O) groups is 2. The molecule has 2 aliphatic rings. The highest BCUT2D eigenvalue weighted by Crippen LogP contribution is 2.13. The van der Waals surface area contributed by atoms with E-state index in [0.29, 0.717) is 25.6 Å². The van der Waals surface area contributed by atoms with E-state index in [9.17, 15) is 9.59 Å². The Balaban J connectivity index is 1.48. The number of morpholine rings is 1. The second-order valence-corrected chi connectivity index (χ2v) is 6.71. The fourth-order valence-electron chi connectivity index (χ4n) is 3.25. The first kappa shape index (κ1) is 20.1. The number of benzene rings is 1. The van der Waals surface area contributed by atoms with Crippen molar-refractivity contribution < 1.29 is 14.3 Å². The highest BCUT2D eigenvalue weighted by atomic mass is 16.5. The molecule has 0 aromatic heterocycles. The Bertz CT molecular complexity index is 701. The predicted molar refractivity (Wildman–Crippen MR) is 106 cm³/mol. The third-order valence-corrected chi connectivity index (χ3v) is 4.85. The van der Waals surface area contributed by atoms with E-state index in [-0.39, 0.29) is 18.5 Å². The molecule has 3 N–H and O–H groups in total. The number of nitrogens with zero attached hydrogens (tertiary/aromatic N) is 3. The van der Waals surface area contributed by atoms with Gasteiger partial charge in [0.05, 0.1) is 19.8 Å². The molecule has 0 bridgehead atoms. The van der Waals surface area contributed by atoms with Gasteiger partial charge < -0.3 is 20.7 Å². The molecule has 9 nitrogen and oxygen atoms in total. The molecule has 1 aromatic rings. The lowest BCUT2D eigenvalue weighted by Gasteiger charge is -2.27. The Morgan fingerprint density at radius 2 is 1.93 bits per heavy atom. The van der Waals surface area contributed by atoms with Crippen molar-refractivity contribution in [3.05, 3.63) is 35.4 Å². The van der Waals surface area contributed by atoms with Crippen molar-refractivity contribution in [3.63, 3.8) is 0 Å². The number of aliphatic imine (C=N–C) groups is 1. The van der Waals surface area contributed by atoms with Crippen LogP contribution in [0, 0.1) is 0 Å². The molecule has 2 heterocycles. The predicted octanol–water partition coefficient (Wildman–Crippen LogP) is -0.264. The summed E-state index contributed by atoms with van der Waals surface area (Å²) in [6.07, 6.45) is 0. The zero-order valence-electron chi connectivity index (χ0n) is 16.2. The number of guanidine groups is 1. The standard InChI is InChI=1S/C19H28N6O3/c1-20-18(21-6-7-25-17(26)13-23-19(25)27)22-12-15-4-2-3-5-16(15)14-24-8-10-28-11-9-24/h2-5H,6-14H2,1H3,(H,23,27)(H2,20,21,22). The number of ether oxygens (including phenoxy) is 1. The van der Waals surface area contributed by atoms with E-state index < -0.39 is 0 Å². The maximum Gasteiger partial charge on any atom is 0.324 e. The average Bonchev–Trinajstić information content (AvgIpc) is 3.04. The molecule has 0 radical (unpaired) electrons. The second-order valence-electron chi connectivity index (χ2n) is 6.71. The van der Waals surface area contributed by atoms with Gasteiger partial charge in [0.2, 0.25) is 5.91 Å².